The van der Waals surface area contributed by atoms with Gasteiger partial charge in [0.1, 0.15) is 55.6 Å². The molecule has 60 heavy (non-hydrogen) atoms. The molecular formula is C44H50F2N10O4. The van der Waals surface area contributed by atoms with Gasteiger partial charge in [0.2, 0.25) is 5.79 Å². The van der Waals surface area contributed by atoms with Crippen LogP contribution in [0.15, 0.2) is 121 Å². The second-order valence-electron chi connectivity index (χ2n) is 15.4. The minimum absolute atomic E-state index is 0.0255. The third-order valence-electron chi connectivity index (χ3n) is 11.3. The number of aromatic nitrogens is 6. The van der Waals surface area contributed by atoms with E-state index in [1.165, 1.54) is 39.7 Å². The zero-order chi connectivity index (χ0) is 41.6. The molecule has 0 amide bonds. The van der Waals surface area contributed by atoms with Gasteiger partial charge in [0.25, 0.3) is 0 Å². The number of aryl methyl sites for hydroxylation is 1. The average molecular weight is 821 g/mol. The zero-order valence-corrected chi connectivity index (χ0v) is 33.7. The molecule has 6 aromatic rings. The van der Waals surface area contributed by atoms with Gasteiger partial charge in [0.05, 0.1) is 24.5 Å². The lowest BCUT2D eigenvalue weighted by molar-refractivity contribution is -0.192. The van der Waals surface area contributed by atoms with E-state index in [-0.39, 0.29) is 49.3 Å². The summed E-state index contributed by atoms with van der Waals surface area (Å²) in [6, 6.07) is 29.2. The average Bonchev–Trinajstić information content (AvgIpc) is 4.03. The topological polar surface area (TPSA) is 143 Å². The van der Waals surface area contributed by atoms with Crippen LogP contribution in [0, 0.1) is 11.6 Å². The Labute approximate surface area is 347 Å². The summed E-state index contributed by atoms with van der Waals surface area (Å²) in [5.74, 6) is -2.33. The van der Waals surface area contributed by atoms with Crippen molar-refractivity contribution in [3.8, 4) is 11.4 Å². The van der Waals surface area contributed by atoms with E-state index < -0.39 is 23.5 Å². The summed E-state index contributed by atoms with van der Waals surface area (Å²) >= 11 is 0. The largest absolute Gasteiger partial charge is 0.491 e. The molecule has 0 radical (unpaired) electrons. The number of nitrogens with two attached hydrogens (primary N) is 1. The molecular weight excluding hydrogens is 771 g/mol. The first-order chi connectivity index (χ1) is 29.1. The van der Waals surface area contributed by atoms with Gasteiger partial charge in [-0.25, -0.2) is 32.5 Å². The van der Waals surface area contributed by atoms with Crippen LogP contribution in [0.3, 0.4) is 0 Å². The molecule has 2 saturated heterocycles. The van der Waals surface area contributed by atoms with Crippen molar-refractivity contribution in [2.75, 3.05) is 49.2 Å². The molecule has 0 saturated carbocycles. The summed E-state index contributed by atoms with van der Waals surface area (Å²) in [6.07, 6.45) is 5.36. The third kappa shape index (κ3) is 9.26. The monoisotopic (exact) mass is 820 g/mol. The minimum Gasteiger partial charge on any atom is -0.491 e. The molecule has 0 bridgehead atoms. The molecule has 0 aliphatic carbocycles. The second-order valence-corrected chi connectivity index (χ2v) is 15.4. The van der Waals surface area contributed by atoms with Crippen LogP contribution in [0.4, 0.5) is 20.2 Å². The van der Waals surface area contributed by atoms with Crippen molar-refractivity contribution in [2.24, 2.45) is 5.73 Å². The second kappa shape index (κ2) is 18.1. The van der Waals surface area contributed by atoms with Gasteiger partial charge < -0.3 is 29.7 Å². The van der Waals surface area contributed by atoms with Crippen LogP contribution in [0.1, 0.15) is 37.4 Å². The first kappa shape index (κ1) is 40.8. The molecule has 14 nitrogen and oxygen atoms in total. The van der Waals surface area contributed by atoms with Crippen LogP contribution in [0.2, 0.25) is 0 Å². The van der Waals surface area contributed by atoms with E-state index in [1.807, 2.05) is 80.6 Å². The van der Waals surface area contributed by atoms with Crippen molar-refractivity contribution in [3.63, 3.8) is 0 Å². The Morgan fingerprint density at radius 3 is 2.23 bits per heavy atom. The van der Waals surface area contributed by atoms with Crippen molar-refractivity contribution < 1.29 is 23.0 Å². The normalized spacial score (nSPS) is 19.6. The molecule has 0 spiro atoms. The fraction of sp³-hybridized carbons (Fsp3) is 0.364. The number of anilines is 2. The summed E-state index contributed by atoms with van der Waals surface area (Å²) in [4.78, 5) is 22.1. The van der Waals surface area contributed by atoms with E-state index in [2.05, 4.69) is 42.4 Å². The molecule has 5 atom stereocenters. The van der Waals surface area contributed by atoms with Gasteiger partial charge >= 0.3 is 5.69 Å². The molecule has 2 fully saturated rings. The Hall–Kier alpha value is -5.94. The van der Waals surface area contributed by atoms with E-state index >= 15 is 0 Å². The first-order valence-corrected chi connectivity index (χ1v) is 20.3. The number of ether oxygens (including phenoxy) is 3. The van der Waals surface area contributed by atoms with E-state index in [4.69, 9.17) is 19.9 Å². The Kier molecular flexibility index (Phi) is 12.3. The Bertz CT molecular complexity index is 2350. The van der Waals surface area contributed by atoms with E-state index in [9.17, 15) is 13.6 Å². The fourth-order valence-corrected chi connectivity index (χ4v) is 7.78. The lowest BCUT2D eigenvalue weighted by Crippen LogP contribution is -2.47. The van der Waals surface area contributed by atoms with Crippen LogP contribution in [-0.4, -0.2) is 86.8 Å². The standard InChI is InChI=1S/C44H50F2N10O4/c1-31(51-42(47)19-8-33-6-4-3-5-7-33)32(2)56-43(57)55(30-50-56)37-12-10-35(11-13-37)52-20-22-53(23-21-52)36-14-16-38(17-15-36)58-25-39-26-59-44(60-39,27-54-29-48-28-49-54)40-18-9-34(45)24-41(40)46/h3-7,9-18,24,28-32,39,42,51H,8,19-23,25-27,47H2,1-2H3. The predicted molar refractivity (Wildman–Crippen MR) is 223 cm³/mol. The fourth-order valence-electron chi connectivity index (χ4n) is 7.78. The van der Waals surface area contributed by atoms with Crippen molar-refractivity contribution in [2.45, 2.75) is 63.4 Å². The van der Waals surface area contributed by atoms with Gasteiger partial charge in [-0.05, 0) is 92.9 Å². The van der Waals surface area contributed by atoms with Crippen LogP contribution in [-0.2, 0) is 28.2 Å². The first-order valence-electron chi connectivity index (χ1n) is 20.3. The zero-order valence-electron chi connectivity index (χ0n) is 33.7. The van der Waals surface area contributed by atoms with Gasteiger partial charge in [-0.15, -0.1) is 0 Å². The maximum absolute atomic E-state index is 14.9. The van der Waals surface area contributed by atoms with Crippen LogP contribution >= 0.6 is 0 Å². The summed E-state index contributed by atoms with van der Waals surface area (Å²) < 4.78 is 51.6. The lowest BCUT2D eigenvalue weighted by atomic mass is 10.0. The number of benzene rings is 4. The number of nitrogens with one attached hydrogen (secondary N) is 1. The van der Waals surface area contributed by atoms with Crippen molar-refractivity contribution in [1.29, 1.82) is 0 Å². The molecule has 16 heteroatoms. The van der Waals surface area contributed by atoms with E-state index in [1.54, 1.807) is 10.9 Å². The predicted octanol–water partition coefficient (Wildman–Crippen LogP) is 5.03. The van der Waals surface area contributed by atoms with Gasteiger partial charge in [-0.1, -0.05) is 30.3 Å². The molecule has 5 unspecified atom stereocenters. The Morgan fingerprint density at radius 2 is 1.57 bits per heavy atom. The third-order valence-corrected chi connectivity index (χ3v) is 11.3. The molecule has 2 aliphatic heterocycles. The maximum atomic E-state index is 14.9. The Balaban J connectivity index is 0.808. The van der Waals surface area contributed by atoms with Crippen LogP contribution < -0.4 is 31.3 Å². The lowest BCUT2D eigenvalue weighted by Gasteiger charge is -2.37. The highest BCUT2D eigenvalue weighted by atomic mass is 19.1. The SMILES string of the molecule is CC(NC(N)CCc1ccccc1)C(C)n1ncn(-c2ccc(N3CCN(c4ccc(OCC5COC(Cn6cncn6)(c6ccc(F)cc6F)O5)cc4)CC3)cc2)c1=O. The van der Waals surface area contributed by atoms with Crippen molar-refractivity contribution in [1.82, 2.24) is 34.4 Å². The smallest absolute Gasteiger partial charge is 0.350 e. The highest BCUT2D eigenvalue weighted by Gasteiger charge is 2.46. The van der Waals surface area contributed by atoms with Gasteiger partial charge in [0.15, 0.2) is 0 Å². The molecule has 4 aromatic carbocycles. The Morgan fingerprint density at radius 1 is 0.883 bits per heavy atom. The van der Waals surface area contributed by atoms with Crippen LogP contribution in [0.5, 0.6) is 5.75 Å². The highest BCUT2D eigenvalue weighted by molar-refractivity contribution is 5.54. The number of hydrogen-bond donors (Lipinski definition) is 2. The molecule has 3 N–H and O–H groups in total. The van der Waals surface area contributed by atoms with Gasteiger partial charge in [0, 0.05) is 55.2 Å². The number of halogens is 2. The van der Waals surface area contributed by atoms with Crippen molar-refractivity contribution >= 4 is 11.4 Å². The van der Waals surface area contributed by atoms with E-state index in [0.717, 1.165) is 62.1 Å². The summed E-state index contributed by atoms with van der Waals surface area (Å²) in [6.45, 7) is 7.65. The molecule has 2 aromatic heterocycles. The molecule has 314 valence electrons. The number of rotatable bonds is 16. The summed E-state index contributed by atoms with van der Waals surface area (Å²) in [5.41, 5.74) is 10.4. The molecule has 2 aliphatic rings. The van der Waals surface area contributed by atoms with Gasteiger partial charge in [-0.2, -0.15) is 10.2 Å². The highest BCUT2D eigenvalue weighted by Crippen LogP contribution is 2.38. The minimum atomic E-state index is -1.52. The number of piperazine rings is 1. The summed E-state index contributed by atoms with van der Waals surface area (Å²) in [5, 5.41) is 12.0. The maximum Gasteiger partial charge on any atom is 0.350 e. The summed E-state index contributed by atoms with van der Waals surface area (Å²) in [7, 11) is 0. The number of nitrogens with zero attached hydrogens (tertiary/aromatic N) is 8. The van der Waals surface area contributed by atoms with E-state index in [0.29, 0.717) is 5.75 Å². The van der Waals surface area contributed by atoms with Crippen molar-refractivity contribution in [3.05, 3.63) is 149 Å². The number of hydrogen-bond acceptors (Lipinski definition) is 11. The van der Waals surface area contributed by atoms with Gasteiger partial charge in [-0.3, -0.25) is 5.32 Å². The molecule has 8 rings (SSSR count). The quantitative estimate of drug-likeness (QED) is 0.127. The molecule has 4 heterocycles. The van der Waals surface area contributed by atoms with Crippen LogP contribution in [0.25, 0.3) is 5.69 Å².